The lowest BCUT2D eigenvalue weighted by Gasteiger charge is -2.45. The fourth-order valence-corrected chi connectivity index (χ4v) is 3.59. The van der Waals surface area contributed by atoms with Gasteiger partial charge in [0.1, 0.15) is 6.07 Å². The molecule has 2 aromatic carbocycles. The fourth-order valence-electron chi connectivity index (χ4n) is 3.37. The van der Waals surface area contributed by atoms with E-state index in [1.165, 1.54) is 5.56 Å². The van der Waals surface area contributed by atoms with Crippen LogP contribution in [0.25, 0.3) is 0 Å². The van der Waals surface area contributed by atoms with Crippen LogP contribution < -0.4 is 4.90 Å². The summed E-state index contributed by atoms with van der Waals surface area (Å²) in [6.07, 6.45) is 0. The van der Waals surface area contributed by atoms with Crippen molar-refractivity contribution in [2.75, 3.05) is 18.0 Å². The zero-order chi connectivity index (χ0) is 17.1. The highest BCUT2D eigenvalue weighted by Gasteiger charge is 2.29. The second-order valence-electron chi connectivity index (χ2n) is 6.54. The van der Waals surface area contributed by atoms with Gasteiger partial charge in [-0.05, 0) is 37.6 Å². The molecule has 0 amide bonds. The van der Waals surface area contributed by atoms with Crippen molar-refractivity contribution in [1.29, 1.82) is 5.26 Å². The Kier molecular flexibility index (Phi) is 5.08. The van der Waals surface area contributed by atoms with E-state index < -0.39 is 0 Å². The van der Waals surface area contributed by atoms with Gasteiger partial charge in [0.05, 0.1) is 10.6 Å². The number of nitrogens with zero attached hydrogens (tertiary/aromatic N) is 3. The van der Waals surface area contributed by atoms with Crippen LogP contribution in [0.3, 0.4) is 0 Å². The fraction of sp³-hybridized carbons (Fsp3) is 0.350. The first-order valence-electron chi connectivity index (χ1n) is 8.32. The quantitative estimate of drug-likeness (QED) is 0.834. The maximum Gasteiger partial charge on any atom is 0.101 e. The summed E-state index contributed by atoms with van der Waals surface area (Å²) in [5, 5.41) is 9.56. The van der Waals surface area contributed by atoms with Crippen molar-refractivity contribution in [1.82, 2.24) is 4.90 Å². The lowest BCUT2D eigenvalue weighted by atomic mass is 10.0. The maximum absolute atomic E-state index is 9.03. The maximum atomic E-state index is 9.03. The zero-order valence-corrected chi connectivity index (χ0v) is 14.9. The van der Waals surface area contributed by atoms with Gasteiger partial charge < -0.3 is 4.90 Å². The molecule has 0 N–H and O–H groups in total. The van der Waals surface area contributed by atoms with E-state index >= 15 is 0 Å². The molecular formula is C20H22ClN3. The molecule has 1 aliphatic rings. The van der Waals surface area contributed by atoms with E-state index in [0.29, 0.717) is 22.7 Å². The van der Waals surface area contributed by atoms with E-state index in [1.54, 1.807) is 0 Å². The molecule has 24 heavy (non-hydrogen) atoms. The van der Waals surface area contributed by atoms with Gasteiger partial charge in [0, 0.05) is 37.4 Å². The third-order valence-corrected chi connectivity index (χ3v) is 5.06. The van der Waals surface area contributed by atoms with E-state index in [9.17, 15) is 0 Å². The molecule has 4 heteroatoms. The van der Waals surface area contributed by atoms with E-state index in [-0.39, 0.29) is 0 Å². The van der Waals surface area contributed by atoms with Crippen molar-refractivity contribution in [2.24, 2.45) is 0 Å². The molecule has 0 aliphatic carbocycles. The van der Waals surface area contributed by atoms with Crippen LogP contribution in [-0.2, 0) is 6.54 Å². The van der Waals surface area contributed by atoms with Crippen LogP contribution >= 0.6 is 11.6 Å². The standard InChI is InChI=1S/C20H22ClN3/c1-15-13-24(19-9-8-18(11-22)20(21)10-19)16(2)12-23(15)14-17-6-4-3-5-7-17/h3-10,15-16H,12-14H2,1-2H3. The second kappa shape index (κ2) is 7.25. The van der Waals surface area contributed by atoms with E-state index in [1.807, 2.05) is 18.2 Å². The first-order valence-corrected chi connectivity index (χ1v) is 8.70. The van der Waals surface area contributed by atoms with Crippen molar-refractivity contribution >= 4 is 17.3 Å². The molecular weight excluding hydrogens is 318 g/mol. The van der Waals surface area contributed by atoms with Gasteiger partial charge in [-0.1, -0.05) is 41.9 Å². The van der Waals surface area contributed by atoms with Gasteiger partial charge in [-0.3, -0.25) is 4.90 Å². The molecule has 124 valence electrons. The number of rotatable bonds is 3. The third kappa shape index (κ3) is 3.56. The predicted molar refractivity (Wildman–Crippen MR) is 99.3 cm³/mol. The summed E-state index contributed by atoms with van der Waals surface area (Å²) in [5.41, 5.74) is 2.98. The molecule has 1 saturated heterocycles. The van der Waals surface area contributed by atoms with Crippen LogP contribution in [-0.4, -0.2) is 30.1 Å². The highest BCUT2D eigenvalue weighted by molar-refractivity contribution is 6.32. The summed E-state index contributed by atoms with van der Waals surface area (Å²) >= 11 is 6.21. The molecule has 3 nitrogen and oxygen atoms in total. The van der Waals surface area contributed by atoms with E-state index in [0.717, 1.165) is 25.3 Å². The Morgan fingerprint density at radius 3 is 2.50 bits per heavy atom. The molecule has 3 rings (SSSR count). The minimum absolute atomic E-state index is 0.397. The van der Waals surface area contributed by atoms with Crippen LogP contribution in [0.4, 0.5) is 5.69 Å². The van der Waals surface area contributed by atoms with Gasteiger partial charge in [-0.15, -0.1) is 0 Å². The highest BCUT2D eigenvalue weighted by Crippen LogP contribution is 2.28. The molecule has 1 fully saturated rings. The minimum Gasteiger partial charge on any atom is -0.366 e. The zero-order valence-electron chi connectivity index (χ0n) is 14.1. The summed E-state index contributed by atoms with van der Waals surface area (Å²) in [6.45, 7) is 7.46. The number of nitriles is 1. The largest absolute Gasteiger partial charge is 0.366 e. The highest BCUT2D eigenvalue weighted by atomic mass is 35.5. The Morgan fingerprint density at radius 2 is 1.83 bits per heavy atom. The van der Waals surface area contributed by atoms with Gasteiger partial charge in [0.15, 0.2) is 0 Å². The lowest BCUT2D eigenvalue weighted by molar-refractivity contribution is 0.158. The van der Waals surface area contributed by atoms with E-state index in [2.05, 4.69) is 60.0 Å². The third-order valence-electron chi connectivity index (χ3n) is 4.75. The van der Waals surface area contributed by atoms with Gasteiger partial charge in [0.2, 0.25) is 0 Å². The Hall–Kier alpha value is -2.02. The van der Waals surface area contributed by atoms with Crippen molar-refractivity contribution in [3.05, 3.63) is 64.7 Å². The monoisotopic (exact) mass is 339 g/mol. The first-order chi connectivity index (χ1) is 11.6. The van der Waals surface area contributed by atoms with Crippen molar-refractivity contribution in [3.63, 3.8) is 0 Å². The molecule has 2 aromatic rings. The first kappa shape index (κ1) is 16.8. The average Bonchev–Trinajstić information content (AvgIpc) is 2.58. The van der Waals surface area contributed by atoms with Gasteiger partial charge in [-0.2, -0.15) is 5.26 Å². The number of benzene rings is 2. The smallest absolute Gasteiger partial charge is 0.101 e. The molecule has 0 bridgehead atoms. The Morgan fingerprint density at radius 1 is 1.08 bits per heavy atom. The molecule has 1 aliphatic heterocycles. The molecule has 2 atom stereocenters. The normalized spacial score (nSPS) is 21.5. The number of halogens is 1. The molecule has 0 spiro atoms. The molecule has 0 aromatic heterocycles. The van der Waals surface area contributed by atoms with Crippen LogP contribution in [0.1, 0.15) is 25.0 Å². The molecule has 0 saturated carbocycles. The van der Waals surface area contributed by atoms with Crippen molar-refractivity contribution < 1.29 is 0 Å². The lowest BCUT2D eigenvalue weighted by Crippen LogP contribution is -2.56. The number of piperazine rings is 1. The molecule has 0 radical (unpaired) electrons. The summed E-state index contributed by atoms with van der Waals surface area (Å²) < 4.78 is 0. The van der Waals surface area contributed by atoms with E-state index in [4.69, 9.17) is 16.9 Å². The van der Waals surface area contributed by atoms with Gasteiger partial charge >= 0.3 is 0 Å². The Balaban J connectivity index is 1.73. The second-order valence-corrected chi connectivity index (χ2v) is 6.95. The summed E-state index contributed by atoms with van der Waals surface area (Å²) in [7, 11) is 0. The topological polar surface area (TPSA) is 30.3 Å². The van der Waals surface area contributed by atoms with Crippen LogP contribution in [0.15, 0.2) is 48.5 Å². The minimum atomic E-state index is 0.397. The SMILES string of the molecule is CC1CN(c2ccc(C#N)c(Cl)c2)C(C)CN1Cc1ccccc1. The average molecular weight is 340 g/mol. The Labute approximate surface area is 149 Å². The van der Waals surface area contributed by atoms with Crippen LogP contribution in [0.5, 0.6) is 0 Å². The van der Waals surface area contributed by atoms with Crippen LogP contribution in [0, 0.1) is 11.3 Å². The van der Waals surface area contributed by atoms with Gasteiger partial charge in [-0.25, -0.2) is 0 Å². The van der Waals surface area contributed by atoms with Gasteiger partial charge in [0.25, 0.3) is 0 Å². The molecule has 2 unspecified atom stereocenters. The van der Waals surface area contributed by atoms with Crippen molar-refractivity contribution in [3.8, 4) is 6.07 Å². The summed E-state index contributed by atoms with van der Waals surface area (Å²) in [4.78, 5) is 4.92. The summed E-state index contributed by atoms with van der Waals surface area (Å²) in [6, 6.07) is 19.3. The predicted octanol–water partition coefficient (Wildman–Crippen LogP) is 4.31. The van der Waals surface area contributed by atoms with Crippen LogP contribution in [0.2, 0.25) is 5.02 Å². The Bertz CT molecular complexity index is 738. The summed E-state index contributed by atoms with van der Waals surface area (Å²) in [5.74, 6) is 0. The van der Waals surface area contributed by atoms with Crippen molar-refractivity contribution in [2.45, 2.75) is 32.5 Å². The number of hydrogen-bond acceptors (Lipinski definition) is 3. The number of anilines is 1. The number of hydrogen-bond donors (Lipinski definition) is 0. The molecule has 1 heterocycles.